The van der Waals surface area contributed by atoms with E-state index < -0.39 is 19.7 Å². The van der Waals surface area contributed by atoms with Crippen LogP contribution in [0.5, 0.6) is 0 Å². The molecule has 1 aromatic heterocycles. The average Bonchev–Trinajstić information content (AvgIpc) is 2.95. The molecule has 0 aliphatic carbocycles. The Bertz CT molecular complexity index is 837. The summed E-state index contributed by atoms with van der Waals surface area (Å²) in [5, 5.41) is 9.58. The predicted octanol–water partition coefficient (Wildman–Crippen LogP) is 4.13. The van der Waals surface area contributed by atoms with Gasteiger partial charge in [-0.15, -0.1) is 0 Å². The smallest absolute Gasteiger partial charge is 0.407 e. The molecule has 0 saturated carbocycles. The van der Waals surface area contributed by atoms with E-state index >= 15 is 0 Å². The van der Waals surface area contributed by atoms with E-state index in [1.807, 2.05) is 43.5 Å². The summed E-state index contributed by atoms with van der Waals surface area (Å²) in [5.74, 6) is 0.784. The maximum atomic E-state index is 11.7. The van der Waals surface area contributed by atoms with Gasteiger partial charge in [-0.05, 0) is 44.9 Å². The fourth-order valence-electron chi connectivity index (χ4n) is 3.29. The predicted molar refractivity (Wildman–Crippen MR) is 120 cm³/mol. The zero-order valence-electron chi connectivity index (χ0n) is 18.7. The van der Waals surface area contributed by atoms with Gasteiger partial charge in [-0.1, -0.05) is 31.8 Å². The highest BCUT2D eigenvalue weighted by Crippen LogP contribution is 2.23. The third kappa shape index (κ3) is 6.29. The van der Waals surface area contributed by atoms with Crippen molar-refractivity contribution in [3.05, 3.63) is 29.6 Å². The maximum Gasteiger partial charge on any atom is 0.407 e. The van der Waals surface area contributed by atoms with Gasteiger partial charge in [0.15, 0.2) is 0 Å². The molecule has 0 aliphatic heterocycles. The minimum Gasteiger partial charge on any atom is -0.465 e. The van der Waals surface area contributed by atoms with Crippen molar-refractivity contribution in [2.75, 3.05) is 13.2 Å². The van der Waals surface area contributed by atoms with E-state index in [0.717, 1.165) is 35.1 Å². The van der Waals surface area contributed by atoms with Crippen LogP contribution in [0.25, 0.3) is 11.0 Å². The Kier molecular flexibility index (Phi) is 7.48. The van der Waals surface area contributed by atoms with Crippen molar-refractivity contribution in [2.45, 2.75) is 71.7 Å². The van der Waals surface area contributed by atoms with E-state index in [2.05, 4.69) is 24.6 Å². The second-order valence-corrected chi connectivity index (χ2v) is 15.3. The van der Waals surface area contributed by atoms with Crippen molar-refractivity contribution >= 4 is 25.2 Å². The maximum absolute atomic E-state index is 11.7. The normalized spacial score (nSPS) is 12.5. The molecule has 29 heavy (non-hydrogen) atoms. The van der Waals surface area contributed by atoms with E-state index in [-0.39, 0.29) is 0 Å². The number of benzene rings is 1. The zero-order valence-corrected chi connectivity index (χ0v) is 19.7. The number of amides is 1. The summed E-state index contributed by atoms with van der Waals surface area (Å²) >= 11 is 0. The molecular weight excluding hydrogens is 384 g/mol. The first-order valence-electron chi connectivity index (χ1n) is 10.2. The number of nitrogens with two attached hydrogens (primary N) is 1. The average molecular weight is 421 g/mol. The van der Waals surface area contributed by atoms with Gasteiger partial charge in [-0.25, -0.2) is 9.78 Å². The van der Waals surface area contributed by atoms with Crippen LogP contribution in [0.3, 0.4) is 0 Å². The quantitative estimate of drug-likeness (QED) is 0.470. The molecule has 0 bridgehead atoms. The molecule has 162 valence electrons. The van der Waals surface area contributed by atoms with E-state index in [1.54, 1.807) is 0 Å². The minimum atomic E-state index is -1.16. The number of hydrogen-bond donors (Lipinski definition) is 2. The van der Waals surface area contributed by atoms with Crippen LogP contribution in [0.15, 0.2) is 18.2 Å². The minimum absolute atomic E-state index is 0.328. The summed E-state index contributed by atoms with van der Waals surface area (Å²) in [4.78, 5) is 17.8. The molecule has 1 amide bonds. The number of carboxylic acid groups (broad SMARTS) is 1. The Labute approximate surface area is 174 Å². The molecule has 3 N–H and O–H groups in total. The molecule has 0 aliphatic rings. The second-order valence-electron chi connectivity index (χ2n) is 9.65. The van der Waals surface area contributed by atoms with Gasteiger partial charge in [0.25, 0.3) is 0 Å². The van der Waals surface area contributed by atoms with Crippen LogP contribution in [0.2, 0.25) is 25.7 Å². The molecule has 1 heterocycles. The van der Waals surface area contributed by atoms with Crippen molar-refractivity contribution in [2.24, 2.45) is 5.73 Å². The van der Waals surface area contributed by atoms with Crippen LogP contribution < -0.4 is 5.73 Å². The van der Waals surface area contributed by atoms with Crippen LogP contribution in [-0.4, -0.2) is 52.4 Å². The fourth-order valence-corrected chi connectivity index (χ4v) is 4.05. The van der Waals surface area contributed by atoms with Gasteiger partial charge in [0, 0.05) is 26.8 Å². The molecule has 1 aromatic carbocycles. The Morgan fingerprint density at radius 1 is 1.31 bits per heavy atom. The second kappa shape index (κ2) is 9.28. The highest BCUT2D eigenvalue weighted by Gasteiger charge is 2.26. The van der Waals surface area contributed by atoms with Crippen molar-refractivity contribution < 1.29 is 14.6 Å². The number of para-hydroxylation sites is 1. The molecular formula is C21H36N4O3Si. The lowest BCUT2D eigenvalue weighted by Gasteiger charge is -2.33. The Morgan fingerprint density at radius 2 is 2.00 bits per heavy atom. The van der Waals surface area contributed by atoms with E-state index in [1.165, 1.54) is 4.90 Å². The standard InChI is InChI=1S/C21H36N4O3Si/c1-21(2,3)25(20(26)27)11-10-16-8-7-9-17-19(16)24(18(14-22)23-17)15-28-12-13-29(4,5)6/h7-9H,10-15,22H2,1-6H3,(H,26,27). The van der Waals surface area contributed by atoms with E-state index in [0.29, 0.717) is 26.2 Å². The summed E-state index contributed by atoms with van der Waals surface area (Å²) < 4.78 is 8.01. The highest BCUT2D eigenvalue weighted by atomic mass is 28.3. The number of carbonyl (C=O) groups is 1. The zero-order chi connectivity index (χ0) is 21.8. The number of ether oxygens (including phenoxy) is 1. The molecule has 0 saturated heterocycles. The lowest BCUT2D eigenvalue weighted by molar-refractivity contribution is 0.0876. The van der Waals surface area contributed by atoms with Crippen LogP contribution >= 0.6 is 0 Å². The molecule has 8 heteroatoms. The highest BCUT2D eigenvalue weighted by molar-refractivity contribution is 6.76. The summed E-state index contributed by atoms with van der Waals surface area (Å²) in [7, 11) is -1.16. The Morgan fingerprint density at radius 3 is 2.55 bits per heavy atom. The molecule has 0 unspecified atom stereocenters. The molecule has 0 spiro atoms. The van der Waals surface area contributed by atoms with Gasteiger partial charge in [-0.2, -0.15) is 0 Å². The first kappa shape index (κ1) is 23.4. The summed E-state index contributed by atoms with van der Waals surface area (Å²) in [5.41, 5.74) is 8.39. The summed E-state index contributed by atoms with van der Waals surface area (Å²) in [6.07, 6.45) is -0.304. The summed E-state index contributed by atoms with van der Waals surface area (Å²) in [6, 6.07) is 7.06. The van der Waals surface area contributed by atoms with Crippen LogP contribution in [0.4, 0.5) is 4.79 Å². The SMILES string of the molecule is CC(C)(C)N(CCc1cccc2nc(CN)n(COCC[Si](C)(C)C)c12)C(=O)O. The first-order valence-corrected chi connectivity index (χ1v) is 13.9. The largest absolute Gasteiger partial charge is 0.465 e. The van der Waals surface area contributed by atoms with Gasteiger partial charge in [0.05, 0.1) is 17.6 Å². The molecule has 2 rings (SSSR count). The third-order valence-corrected chi connectivity index (χ3v) is 6.68. The fraction of sp³-hybridized carbons (Fsp3) is 0.619. The third-order valence-electron chi connectivity index (χ3n) is 4.97. The van der Waals surface area contributed by atoms with Crippen LogP contribution in [-0.2, 0) is 24.4 Å². The lowest BCUT2D eigenvalue weighted by Crippen LogP contribution is -2.45. The first-order chi connectivity index (χ1) is 13.4. The lowest BCUT2D eigenvalue weighted by atomic mass is 10.0. The number of aromatic nitrogens is 2. The van der Waals surface area contributed by atoms with Crippen molar-refractivity contribution in [1.29, 1.82) is 0 Å². The molecule has 7 nitrogen and oxygen atoms in total. The van der Waals surface area contributed by atoms with Crippen LogP contribution in [0.1, 0.15) is 32.2 Å². The van der Waals surface area contributed by atoms with Crippen molar-refractivity contribution in [1.82, 2.24) is 14.5 Å². The number of fused-ring (bicyclic) bond motifs is 1. The topological polar surface area (TPSA) is 93.6 Å². The number of rotatable bonds is 9. The number of nitrogens with zero attached hydrogens (tertiary/aromatic N) is 3. The number of hydrogen-bond acceptors (Lipinski definition) is 4. The van der Waals surface area contributed by atoms with Crippen molar-refractivity contribution in [3.63, 3.8) is 0 Å². The van der Waals surface area contributed by atoms with Gasteiger partial charge >= 0.3 is 6.09 Å². The van der Waals surface area contributed by atoms with Gasteiger partial charge < -0.3 is 25.0 Å². The molecule has 0 radical (unpaired) electrons. The molecule has 2 aromatic rings. The van der Waals surface area contributed by atoms with Gasteiger partial charge in [0.1, 0.15) is 12.6 Å². The van der Waals surface area contributed by atoms with Gasteiger partial charge in [-0.3, -0.25) is 0 Å². The van der Waals surface area contributed by atoms with E-state index in [9.17, 15) is 9.90 Å². The summed E-state index contributed by atoms with van der Waals surface area (Å²) in [6.45, 7) is 14.6. The van der Waals surface area contributed by atoms with Gasteiger partial charge in [0.2, 0.25) is 0 Å². The van der Waals surface area contributed by atoms with Crippen LogP contribution in [0, 0.1) is 0 Å². The van der Waals surface area contributed by atoms with E-state index in [4.69, 9.17) is 10.5 Å². The molecule has 0 fully saturated rings. The Balaban J connectivity index is 2.27. The number of imidazole rings is 1. The monoisotopic (exact) mass is 420 g/mol. The molecule has 0 atom stereocenters. The Hall–Kier alpha value is -1.90. The van der Waals surface area contributed by atoms with Crippen molar-refractivity contribution in [3.8, 4) is 0 Å².